The minimum absolute atomic E-state index is 0.110. The highest BCUT2D eigenvalue weighted by Gasteiger charge is 2.12. The molecular formula is C9H10N2O3S. The Bertz CT molecular complexity index is 459. The van der Waals surface area contributed by atoms with Crippen LogP contribution in [0.15, 0.2) is 29.2 Å². The van der Waals surface area contributed by atoms with Gasteiger partial charge < -0.3 is 4.74 Å². The van der Waals surface area contributed by atoms with Crippen molar-refractivity contribution in [1.29, 1.82) is 5.26 Å². The fourth-order valence-corrected chi connectivity index (χ4v) is 1.88. The van der Waals surface area contributed by atoms with Gasteiger partial charge in [-0.1, -0.05) is 0 Å². The predicted octanol–water partition coefficient (Wildman–Crippen LogP) is 0.497. The highest BCUT2D eigenvalue weighted by atomic mass is 32.2. The molecule has 0 unspecified atom stereocenters. The van der Waals surface area contributed by atoms with Gasteiger partial charge in [0.25, 0.3) is 0 Å². The maximum absolute atomic E-state index is 11.5. The largest absolute Gasteiger partial charge is 0.497 e. The molecule has 6 heteroatoms. The standard InChI is InChI=1S/C9H10N2O3S/c1-14-8-2-4-9(5-3-8)15(12,13)11-7-6-10/h2-5,11H,7H2,1H3. The minimum Gasteiger partial charge on any atom is -0.497 e. The van der Waals surface area contributed by atoms with Gasteiger partial charge in [-0.15, -0.1) is 0 Å². The molecule has 1 aromatic carbocycles. The molecule has 80 valence electrons. The van der Waals surface area contributed by atoms with E-state index in [1.807, 2.05) is 0 Å². The highest BCUT2D eigenvalue weighted by molar-refractivity contribution is 7.89. The van der Waals surface area contributed by atoms with Gasteiger partial charge in [0.05, 0.1) is 24.6 Å². The molecule has 0 aromatic heterocycles. The fraction of sp³-hybridized carbons (Fsp3) is 0.222. The molecule has 0 spiro atoms. The first-order chi connectivity index (χ1) is 7.10. The molecule has 0 saturated heterocycles. The van der Waals surface area contributed by atoms with E-state index in [-0.39, 0.29) is 11.4 Å². The summed E-state index contributed by atoms with van der Waals surface area (Å²) in [6.07, 6.45) is 0. The van der Waals surface area contributed by atoms with Crippen molar-refractivity contribution in [3.63, 3.8) is 0 Å². The molecule has 1 aromatic rings. The number of benzene rings is 1. The van der Waals surface area contributed by atoms with Gasteiger partial charge in [-0.3, -0.25) is 0 Å². The van der Waals surface area contributed by atoms with Crippen molar-refractivity contribution in [2.24, 2.45) is 0 Å². The summed E-state index contributed by atoms with van der Waals surface area (Å²) in [5, 5.41) is 8.26. The Morgan fingerprint density at radius 3 is 2.47 bits per heavy atom. The number of nitrogens with zero attached hydrogens (tertiary/aromatic N) is 1. The number of hydrogen-bond donors (Lipinski definition) is 1. The third-order valence-electron chi connectivity index (χ3n) is 1.71. The average Bonchev–Trinajstić information content (AvgIpc) is 2.26. The lowest BCUT2D eigenvalue weighted by Crippen LogP contribution is -2.23. The Balaban J connectivity index is 2.92. The van der Waals surface area contributed by atoms with Gasteiger partial charge in [0.1, 0.15) is 5.75 Å². The molecule has 15 heavy (non-hydrogen) atoms. The van der Waals surface area contributed by atoms with Crippen molar-refractivity contribution >= 4 is 10.0 Å². The Hall–Kier alpha value is -1.58. The molecule has 0 aliphatic carbocycles. The summed E-state index contributed by atoms with van der Waals surface area (Å²) < 4.78 is 30.0. The zero-order valence-corrected chi connectivity index (χ0v) is 8.91. The van der Waals surface area contributed by atoms with E-state index in [4.69, 9.17) is 10.00 Å². The smallest absolute Gasteiger partial charge is 0.241 e. The lowest BCUT2D eigenvalue weighted by molar-refractivity contribution is 0.414. The maximum atomic E-state index is 11.5. The molecule has 0 amide bonds. The van der Waals surface area contributed by atoms with E-state index in [9.17, 15) is 8.42 Å². The molecule has 0 fully saturated rings. The molecule has 0 heterocycles. The molecule has 0 aliphatic heterocycles. The molecule has 1 rings (SSSR count). The second-order valence-corrected chi connectivity index (χ2v) is 4.43. The summed E-state index contributed by atoms with van der Waals surface area (Å²) in [5.41, 5.74) is 0. The molecular weight excluding hydrogens is 216 g/mol. The second-order valence-electron chi connectivity index (χ2n) is 2.66. The van der Waals surface area contributed by atoms with E-state index in [2.05, 4.69) is 4.72 Å². The van der Waals surface area contributed by atoms with Crippen LogP contribution < -0.4 is 9.46 Å². The van der Waals surface area contributed by atoms with Crippen molar-refractivity contribution in [2.45, 2.75) is 4.90 Å². The lowest BCUT2D eigenvalue weighted by Gasteiger charge is -2.04. The van der Waals surface area contributed by atoms with E-state index in [1.165, 1.54) is 19.2 Å². The number of ether oxygens (including phenoxy) is 1. The molecule has 0 atom stereocenters. The number of methoxy groups -OCH3 is 1. The summed E-state index contributed by atoms with van der Waals surface area (Å²) in [6.45, 7) is -0.242. The molecule has 1 N–H and O–H groups in total. The molecule has 0 saturated carbocycles. The maximum Gasteiger partial charge on any atom is 0.241 e. The van der Waals surface area contributed by atoms with Gasteiger partial charge in [-0.05, 0) is 24.3 Å². The summed E-state index contributed by atoms with van der Waals surface area (Å²) >= 11 is 0. The predicted molar refractivity (Wildman–Crippen MR) is 53.8 cm³/mol. The quantitative estimate of drug-likeness (QED) is 0.758. The third kappa shape index (κ3) is 2.94. The minimum atomic E-state index is -3.58. The average molecular weight is 226 g/mol. The number of nitrogens with one attached hydrogen (secondary N) is 1. The van der Waals surface area contributed by atoms with Crippen LogP contribution in [0.2, 0.25) is 0 Å². The van der Waals surface area contributed by atoms with E-state index in [0.29, 0.717) is 5.75 Å². The van der Waals surface area contributed by atoms with Crippen LogP contribution in [0.25, 0.3) is 0 Å². The summed E-state index contributed by atoms with van der Waals surface area (Å²) in [6, 6.07) is 7.62. The first kappa shape index (κ1) is 11.5. The van der Waals surface area contributed by atoms with Crippen molar-refractivity contribution in [3.05, 3.63) is 24.3 Å². The lowest BCUT2D eigenvalue weighted by atomic mass is 10.3. The van der Waals surface area contributed by atoms with Crippen LogP contribution in [0, 0.1) is 11.3 Å². The van der Waals surface area contributed by atoms with Crippen LogP contribution >= 0.6 is 0 Å². The zero-order chi connectivity index (χ0) is 11.3. The van der Waals surface area contributed by atoms with Gasteiger partial charge >= 0.3 is 0 Å². The van der Waals surface area contributed by atoms with Gasteiger partial charge in [-0.2, -0.15) is 9.98 Å². The van der Waals surface area contributed by atoms with Gasteiger partial charge in [0, 0.05) is 0 Å². The number of sulfonamides is 1. The molecule has 5 nitrogen and oxygen atoms in total. The van der Waals surface area contributed by atoms with Crippen LogP contribution in [0.4, 0.5) is 0 Å². The van der Waals surface area contributed by atoms with Gasteiger partial charge in [0.2, 0.25) is 10.0 Å². The van der Waals surface area contributed by atoms with Crippen molar-refractivity contribution in [2.75, 3.05) is 13.7 Å². The Morgan fingerprint density at radius 2 is 2.00 bits per heavy atom. The van der Waals surface area contributed by atoms with Crippen LogP contribution in [-0.4, -0.2) is 22.1 Å². The molecule has 0 radical (unpaired) electrons. The third-order valence-corrected chi connectivity index (χ3v) is 3.13. The normalized spacial score (nSPS) is 10.7. The first-order valence-corrected chi connectivity index (χ1v) is 5.59. The Morgan fingerprint density at radius 1 is 1.40 bits per heavy atom. The topological polar surface area (TPSA) is 79.2 Å². The van der Waals surface area contributed by atoms with Crippen LogP contribution in [-0.2, 0) is 10.0 Å². The second kappa shape index (κ2) is 4.77. The Kier molecular flexibility index (Phi) is 3.66. The Labute approximate surface area is 88.3 Å². The summed E-state index contributed by atoms with van der Waals surface area (Å²) in [5.74, 6) is 0.578. The summed E-state index contributed by atoms with van der Waals surface area (Å²) in [7, 11) is -2.08. The number of hydrogen-bond acceptors (Lipinski definition) is 4. The van der Waals surface area contributed by atoms with Crippen LogP contribution in [0.1, 0.15) is 0 Å². The van der Waals surface area contributed by atoms with Crippen molar-refractivity contribution in [1.82, 2.24) is 4.72 Å². The van der Waals surface area contributed by atoms with Crippen LogP contribution in [0.5, 0.6) is 5.75 Å². The van der Waals surface area contributed by atoms with E-state index >= 15 is 0 Å². The fourth-order valence-electron chi connectivity index (χ4n) is 0.965. The van der Waals surface area contributed by atoms with E-state index in [1.54, 1.807) is 18.2 Å². The molecule has 0 aliphatic rings. The molecule has 0 bridgehead atoms. The monoisotopic (exact) mass is 226 g/mol. The van der Waals surface area contributed by atoms with Gasteiger partial charge in [0.15, 0.2) is 0 Å². The van der Waals surface area contributed by atoms with E-state index in [0.717, 1.165) is 0 Å². The van der Waals surface area contributed by atoms with Crippen LogP contribution in [0.3, 0.4) is 0 Å². The number of nitriles is 1. The van der Waals surface area contributed by atoms with E-state index < -0.39 is 10.0 Å². The number of rotatable bonds is 4. The first-order valence-electron chi connectivity index (χ1n) is 4.11. The van der Waals surface area contributed by atoms with Crippen molar-refractivity contribution < 1.29 is 13.2 Å². The van der Waals surface area contributed by atoms with Gasteiger partial charge in [-0.25, -0.2) is 8.42 Å². The zero-order valence-electron chi connectivity index (χ0n) is 8.10. The van der Waals surface area contributed by atoms with Crippen molar-refractivity contribution in [3.8, 4) is 11.8 Å². The SMILES string of the molecule is COc1ccc(S(=O)(=O)NCC#N)cc1. The highest BCUT2D eigenvalue weighted by Crippen LogP contribution is 2.14. The summed E-state index contributed by atoms with van der Waals surface area (Å²) in [4.78, 5) is 0.110.